The molecule has 0 aliphatic heterocycles. The van der Waals surface area contributed by atoms with E-state index in [0.717, 1.165) is 16.9 Å². The number of rotatable bonds is 4. The van der Waals surface area contributed by atoms with Gasteiger partial charge in [-0.05, 0) is 31.5 Å². The van der Waals surface area contributed by atoms with Crippen molar-refractivity contribution >= 4 is 0 Å². The lowest BCUT2D eigenvalue weighted by atomic mass is 10.0. The predicted octanol–water partition coefficient (Wildman–Crippen LogP) is 1.61. The number of ether oxygens (including phenoxy) is 1. The van der Waals surface area contributed by atoms with Crippen LogP contribution < -0.4 is 5.73 Å². The van der Waals surface area contributed by atoms with E-state index < -0.39 is 5.54 Å². The molecule has 5 heteroatoms. The summed E-state index contributed by atoms with van der Waals surface area (Å²) in [5.41, 5.74) is 8.35. The van der Waals surface area contributed by atoms with Crippen molar-refractivity contribution in [3.8, 4) is 5.69 Å². The third-order valence-corrected chi connectivity index (χ3v) is 2.67. The van der Waals surface area contributed by atoms with Crippen LogP contribution in [0.2, 0.25) is 0 Å². The lowest BCUT2D eigenvalue weighted by Gasteiger charge is -2.13. The maximum Gasteiger partial charge on any atom is 0.102 e. The molecule has 0 amide bonds. The third kappa shape index (κ3) is 2.75. The first-order valence-electron chi connectivity index (χ1n) is 5.80. The molecule has 0 fully saturated rings. The number of methoxy groups -OCH3 is 1. The Morgan fingerprint density at radius 2 is 1.94 bits per heavy atom. The van der Waals surface area contributed by atoms with E-state index in [1.807, 2.05) is 44.3 Å². The van der Waals surface area contributed by atoms with E-state index in [9.17, 15) is 0 Å². The molecular formula is C13H18N4O. The summed E-state index contributed by atoms with van der Waals surface area (Å²) in [5, 5.41) is 8.17. The van der Waals surface area contributed by atoms with Crippen LogP contribution in [0.15, 0.2) is 30.5 Å². The summed E-state index contributed by atoms with van der Waals surface area (Å²) in [6.07, 6.45) is 1.85. The van der Waals surface area contributed by atoms with Crippen molar-refractivity contribution in [3.05, 3.63) is 41.7 Å². The van der Waals surface area contributed by atoms with Crippen LogP contribution >= 0.6 is 0 Å². The number of hydrogen-bond donors (Lipinski definition) is 1. The van der Waals surface area contributed by atoms with E-state index in [4.69, 9.17) is 10.5 Å². The van der Waals surface area contributed by atoms with Gasteiger partial charge in [-0.1, -0.05) is 17.3 Å². The molecule has 0 radical (unpaired) electrons. The fourth-order valence-corrected chi connectivity index (χ4v) is 1.60. The first-order valence-corrected chi connectivity index (χ1v) is 5.80. The zero-order valence-corrected chi connectivity index (χ0v) is 10.9. The van der Waals surface area contributed by atoms with Crippen LogP contribution in [-0.2, 0) is 16.9 Å². The summed E-state index contributed by atoms with van der Waals surface area (Å²) in [6.45, 7) is 4.42. The van der Waals surface area contributed by atoms with Crippen LogP contribution in [0.4, 0.5) is 0 Å². The fourth-order valence-electron chi connectivity index (χ4n) is 1.60. The van der Waals surface area contributed by atoms with E-state index in [1.165, 1.54) is 0 Å². The van der Waals surface area contributed by atoms with Crippen LogP contribution in [0.5, 0.6) is 0 Å². The average Bonchev–Trinajstić information content (AvgIpc) is 2.79. The van der Waals surface area contributed by atoms with Crippen molar-refractivity contribution in [2.45, 2.75) is 26.0 Å². The van der Waals surface area contributed by atoms with E-state index in [-0.39, 0.29) is 0 Å². The smallest absolute Gasteiger partial charge is 0.102 e. The van der Waals surface area contributed by atoms with Gasteiger partial charge in [-0.3, -0.25) is 0 Å². The normalized spacial score (nSPS) is 11.8. The molecule has 1 aromatic heterocycles. The lowest BCUT2D eigenvalue weighted by molar-refractivity contribution is 0.185. The Hall–Kier alpha value is -1.72. The van der Waals surface area contributed by atoms with Gasteiger partial charge >= 0.3 is 0 Å². The molecule has 0 unspecified atom stereocenters. The third-order valence-electron chi connectivity index (χ3n) is 2.67. The van der Waals surface area contributed by atoms with Crippen LogP contribution in [0.3, 0.4) is 0 Å². The topological polar surface area (TPSA) is 66.0 Å². The second-order valence-electron chi connectivity index (χ2n) is 4.87. The average molecular weight is 246 g/mol. The van der Waals surface area contributed by atoms with Gasteiger partial charge in [0.25, 0.3) is 0 Å². The molecule has 2 N–H and O–H groups in total. The number of nitrogens with two attached hydrogens (primary N) is 1. The van der Waals surface area contributed by atoms with E-state index in [0.29, 0.717) is 6.61 Å². The van der Waals surface area contributed by atoms with Crippen LogP contribution in [0.25, 0.3) is 5.69 Å². The minimum absolute atomic E-state index is 0.478. The van der Waals surface area contributed by atoms with Crippen molar-refractivity contribution in [1.82, 2.24) is 15.0 Å². The van der Waals surface area contributed by atoms with Crippen molar-refractivity contribution in [2.24, 2.45) is 5.73 Å². The van der Waals surface area contributed by atoms with Gasteiger partial charge in [0, 0.05) is 7.11 Å². The summed E-state index contributed by atoms with van der Waals surface area (Å²) in [7, 11) is 1.68. The van der Waals surface area contributed by atoms with Gasteiger partial charge in [-0.2, -0.15) is 0 Å². The zero-order chi connectivity index (χ0) is 13.2. The number of benzene rings is 1. The standard InChI is InChI=1S/C13H18N4O/c1-13(2,14)12-8-17(16-15-12)11-6-4-10(5-7-11)9-18-3/h4-8H,9,14H2,1-3H3. The Kier molecular flexibility index (Phi) is 3.45. The Morgan fingerprint density at radius 1 is 1.28 bits per heavy atom. The highest BCUT2D eigenvalue weighted by Gasteiger charge is 2.18. The maximum absolute atomic E-state index is 5.98. The van der Waals surface area contributed by atoms with Gasteiger partial charge in [-0.15, -0.1) is 5.10 Å². The van der Waals surface area contributed by atoms with Crippen LogP contribution in [0.1, 0.15) is 25.1 Å². The van der Waals surface area contributed by atoms with Crippen molar-refractivity contribution in [3.63, 3.8) is 0 Å². The zero-order valence-electron chi connectivity index (χ0n) is 10.9. The van der Waals surface area contributed by atoms with Crippen molar-refractivity contribution in [1.29, 1.82) is 0 Å². The summed E-state index contributed by atoms with van der Waals surface area (Å²) >= 11 is 0. The minimum atomic E-state index is -0.478. The molecule has 5 nitrogen and oxygen atoms in total. The molecule has 0 aliphatic rings. The highest BCUT2D eigenvalue weighted by Crippen LogP contribution is 2.15. The number of nitrogens with zero attached hydrogens (tertiary/aromatic N) is 3. The molecule has 0 saturated carbocycles. The minimum Gasteiger partial charge on any atom is -0.380 e. The molecule has 0 spiro atoms. The Morgan fingerprint density at radius 3 is 2.44 bits per heavy atom. The summed E-state index contributed by atoms with van der Waals surface area (Å²) in [4.78, 5) is 0. The monoisotopic (exact) mass is 246 g/mol. The molecule has 0 bridgehead atoms. The van der Waals surface area contributed by atoms with Gasteiger partial charge in [-0.25, -0.2) is 4.68 Å². The largest absolute Gasteiger partial charge is 0.380 e. The summed E-state index contributed by atoms with van der Waals surface area (Å²) in [6, 6.07) is 7.98. The van der Waals surface area contributed by atoms with Crippen molar-refractivity contribution < 1.29 is 4.74 Å². The first-order chi connectivity index (χ1) is 8.50. The number of hydrogen-bond acceptors (Lipinski definition) is 4. The molecule has 0 atom stereocenters. The predicted molar refractivity (Wildman–Crippen MR) is 69.3 cm³/mol. The fraction of sp³-hybridized carbons (Fsp3) is 0.385. The quantitative estimate of drug-likeness (QED) is 0.890. The second kappa shape index (κ2) is 4.88. The van der Waals surface area contributed by atoms with Gasteiger partial charge in [0.2, 0.25) is 0 Å². The van der Waals surface area contributed by atoms with E-state index in [1.54, 1.807) is 11.8 Å². The van der Waals surface area contributed by atoms with Gasteiger partial charge in [0.1, 0.15) is 5.69 Å². The summed E-state index contributed by atoms with van der Waals surface area (Å²) in [5.74, 6) is 0. The van der Waals surface area contributed by atoms with E-state index in [2.05, 4.69) is 10.3 Å². The van der Waals surface area contributed by atoms with Crippen molar-refractivity contribution in [2.75, 3.05) is 7.11 Å². The van der Waals surface area contributed by atoms with Crippen LogP contribution in [-0.4, -0.2) is 22.1 Å². The van der Waals surface area contributed by atoms with Gasteiger partial charge in [0.15, 0.2) is 0 Å². The first kappa shape index (κ1) is 12.7. The van der Waals surface area contributed by atoms with Gasteiger partial charge < -0.3 is 10.5 Å². The molecule has 18 heavy (non-hydrogen) atoms. The highest BCUT2D eigenvalue weighted by atomic mass is 16.5. The Labute approximate surface area is 107 Å². The number of aromatic nitrogens is 3. The Balaban J connectivity index is 2.23. The maximum atomic E-state index is 5.98. The molecule has 1 aromatic carbocycles. The van der Waals surface area contributed by atoms with Crippen LogP contribution in [0, 0.1) is 0 Å². The summed E-state index contributed by atoms with van der Waals surface area (Å²) < 4.78 is 6.79. The molecule has 1 heterocycles. The van der Waals surface area contributed by atoms with E-state index >= 15 is 0 Å². The second-order valence-corrected chi connectivity index (χ2v) is 4.87. The Bertz CT molecular complexity index is 511. The highest BCUT2D eigenvalue weighted by molar-refractivity contribution is 5.34. The molecular weight excluding hydrogens is 228 g/mol. The SMILES string of the molecule is COCc1ccc(-n2cc(C(C)(C)N)nn2)cc1. The molecule has 0 saturated heterocycles. The molecule has 2 aromatic rings. The molecule has 2 rings (SSSR count). The molecule has 0 aliphatic carbocycles. The lowest BCUT2D eigenvalue weighted by Crippen LogP contribution is -2.29. The molecule has 96 valence electrons. The van der Waals surface area contributed by atoms with Gasteiger partial charge in [0.05, 0.1) is 24.0 Å².